The third kappa shape index (κ3) is 2.69. The third-order valence-corrected chi connectivity index (χ3v) is 3.73. The molecule has 2 heterocycles. The van der Waals surface area contributed by atoms with E-state index in [0.29, 0.717) is 23.2 Å². The number of ether oxygens (including phenoxy) is 1. The fraction of sp³-hybridized carbons (Fsp3) is 0.250. The molecule has 0 fully saturated rings. The van der Waals surface area contributed by atoms with Crippen LogP contribution in [-0.2, 0) is 11.2 Å². The lowest BCUT2D eigenvalue weighted by molar-refractivity contribution is -0.121. The van der Waals surface area contributed by atoms with E-state index in [1.807, 2.05) is 12.1 Å². The molecule has 2 aromatic rings. The maximum Gasteiger partial charge on any atom is 0.233 e. The van der Waals surface area contributed by atoms with Gasteiger partial charge in [-0.3, -0.25) is 4.79 Å². The number of fused-ring (bicyclic) bond motifs is 1. The number of nitrogens with zero attached hydrogens (tertiary/aromatic N) is 2. The van der Waals surface area contributed by atoms with Crippen molar-refractivity contribution < 1.29 is 9.53 Å². The van der Waals surface area contributed by atoms with Crippen LogP contribution in [-0.4, -0.2) is 22.7 Å². The molecule has 1 aromatic carbocycles. The lowest BCUT2D eigenvalue weighted by Crippen LogP contribution is -2.32. The van der Waals surface area contributed by atoms with Gasteiger partial charge in [0.2, 0.25) is 11.0 Å². The SMILES string of the molecule is O=C(Nc1nncs1)C1COc2ccc(Cl)cc2C1. The van der Waals surface area contributed by atoms with Crippen LogP contribution in [0, 0.1) is 5.92 Å². The lowest BCUT2D eigenvalue weighted by Gasteiger charge is -2.24. The second-order valence-corrected chi connectivity index (χ2v) is 5.47. The van der Waals surface area contributed by atoms with Gasteiger partial charge in [-0.05, 0) is 30.2 Å². The Balaban J connectivity index is 1.72. The first-order valence-corrected chi connectivity index (χ1v) is 6.96. The maximum absolute atomic E-state index is 12.1. The Morgan fingerprint density at radius 3 is 3.21 bits per heavy atom. The minimum absolute atomic E-state index is 0.109. The Kier molecular flexibility index (Phi) is 3.35. The normalized spacial score (nSPS) is 17.4. The van der Waals surface area contributed by atoms with Crippen molar-refractivity contribution in [3.63, 3.8) is 0 Å². The molecule has 0 spiro atoms. The number of hydrogen-bond acceptors (Lipinski definition) is 5. The van der Waals surface area contributed by atoms with Gasteiger partial charge in [-0.25, -0.2) is 0 Å². The van der Waals surface area contributed by atoms with Crippen LogP contribution >= 0.6 is 22.9 Å². The molecule has 1 atom stereocenters. The number of nitrogens with one attached hydrogen (secondary N) is 1. The zero-order valence-corrected chi connectivity index (χ0v) is 11.4. The molecule has 5 nitrogen and oxygen atoms in total. The summed E-state index contributed by atoms with van der Waals surface area (Å²) in [5.41, 5.74) is 2.53. The lowest BCUT2D eigenvalue weighted by atomic mass is 9.96. The van der Waals surface area contributed by atoms with Crippen LogP contribution in [0.3, 0.4) is 0 Å². The highest BCUT2D eigenvalue weighted by molar-refractivity contribution is 7.13. The van der Waals surface area contributed by atoms with E-state index in [1.165, 1.54) is 11.3 Å². The molecule has 0 saturated carbocycles. The Bertz CT molecular complexity index is 603. The average Bonchev–Trinajstić information content (AvgIpc) is 2.90. The van der Waals surface area contributed by atoms with Crippen LogP contribution in [0.25, 0.3) is 0 Å². The molecule has 19 heavy (non-hydrogen) atoms. The van der Waals surface area contributed by atoms with Gasteiger partial charge in [0.1, 0.15) is 17.9 Å². The van der Waals surface area contributed by atoms with Gasteiger partial charge in [-0.2, -0.15) is 0 Å². The van der Waals surface area contributed by atoms with Gasteiger partial charge < -0.3 is 10.1 Å². The van der Waals surface area contributed by atoms with Crippen molar-refractivity contribution in [2.24, 2.45) is 5.92 Å². The summed E-state index contributed by atoms with van der Waals surface area (Å²) in [7, 11) is 0. The number of carbonyl (C=O) groups is 1. The standard InChI is InChI=1S/C12H10ClN3O2S/c13-9-1-2-10-7(4-9)3-8(5-18-10)11(17)15-12-16-14-6-19-12/h1-2,4,6,8H,3,5H2,(H,15,16,17). The molecule has 7 heteroatoms. The van der Waals surface area contributed by atoms with Gasteiger partial charge in [-0.15, -0.1) is 10.2 Å². The fourth-order valence-corrected chi connectivity index (χ4v) is 2.61. The van der Waals surface area contributed by atoms with Crippen molar-refractivity contribution >= 4 is 34.0 Å². The predicted molar refractivity (Wildman–Crippen MR) is 72.7 cm³/mol. The molecule has 1 aliphatic rings. The average molecular weight is 296 g/mol. The minimum atomic E-state index is -0.241. The van der Waals surface area contributed by atoms with Gasteiger partial charge in [0, 0.05) is 5.02 Å². The van der Waals surface area contributed by atoms with Crippen molar-refractivity contribution in [2.75, 3.05) is 11.9 Å². The highest BCUT2D eigenvalue weighted by Gasteiger charge is 2.26. The van der Waals surface area contributed by atoms with Crippen LogP contribution < -0.4 is 10.1 Å². The summed E-state index contributed by atoms with van der Waals surface area (Å²) in [6.07, 6.45) is 0.612. The summed E-state index contributed by atoms with van der Waals surface area (Å²) in [4.78, 5) is 12.1. The monoisotopic (exact) mass is 295 g/mol. The molecule has 0 aliphatic carbocycles. The maximum atomic E-state index is 12.1. The number of benzene rings is 1. The Labute approximate surface area is 118 Å². The number of aromatic nitrogens is 2. The van der Waals surface area contributed by atoms with E-state index in [4.69, 9.17) is 16.3 Å². The summed E-state index contributed by atoms with van der Waals surface area (Å²) < 4.78 is 5.58. The number of rotatable bonds is 2. The van der Waals surface area contributed by atoms with E-state index in [2.05, 4.69) is 15.5 Å². The van der Waals surface area contributed by atoms with E-state index >= 15 is 0 Å². The molecule has 0 bridgehead atoms. The van der Waals surface area contributed by atoms with E-state index in [0.717, 1.165) is 11.3 Å². The Morgan fingerprint density at radius 1 is 1.53 bits per heavy atom. The summed E-state index contributed by atoms with van der Waals surface area (Å²) >= 11 is 7.23. The molecular formula is C12H10ClN3O2S. The first-order valence-electron chi connectivity index (χ1n) is 5.70. The second-order valence-electron chi connectivity index (χ2n) is 4.20. The largest absolute Gasteiger partial charge is 0.492 e. The third-order valence-electron chi connectivity index (χ3n) is 2.89. The second kappa shape index (κ2) is 5.14. The van der Waals surface area contributed by atoms with Gasteiger partial charge in [-0.1, -0.05) is 22.9 Å². The Hall–Kier alpha value is -1.66. The minimum Gasteiger partial charge on any atom is -0.492 e. The molecule has 3 rings (SSSR count). The van der Waals surface area contributed by atoms with E-state index in [9.17, 15) is 4.79 Å². The van der Waals surface area contributed by atoms with Crippen molar-refractivity contribution in [2.45, 2.75) is 6.42 Å². The van der Waals surface area contributed by atoms with Gasteiger partial charge in [0.25, 0.3) is 0 Å². The highest BCUT2D eigenvalue weighted by atomic mass is 35.5. The smallest absolute Gasteiger partial charge is 0.233 e. The quantitative estimate of drug-likeness (QED) is 0.924. The zero-order chi connectivity index (χ0) is 13.2. The fourth-order valence-electron chi connectivity index (χ4n) is 1.97. The molecule has 1 aromatic heterocycles. The van der Waals surface area contributed by atoms with Crippen molar-refractivity contribution in [3.8, 4) is 5.75 Å². The Morgan fingerprint density at radius 2 is 2.42 bits per heavy atom. The number of anilines is 1. The van der Waals surface area contributed by atoms with E-state index in [1.54, 1.807) is 11.6 Å². The molecule has 0 radical (unpaired) electrons. The number of halogens is 1. The van der Waals surface area contributed by atoms with Crippen molar-refractivity contribution in [1.29, 1.82) is 0 Å². The molecular weight excluding hydrogens is 286 g/mol. The van der Waals surface area contributed by atoms with Crippen molar-refractivity contribution in [3.05, 3.63) is 34.3 Å². The highest BCUT2D eigenvalue weighted by Crippen LogP contribution is 2.30. The van der Waals surface area contributed by atoms with Gasteiger partial charge >= 0.3 is 0 Å². The summed E-state index contributed by atoms with van der Waals surface area (Å²) in [5.74, 6) is 0.446. The van der Waals surface area contributed by atoms with Crippen LogP contribution in [0.2, 0.25) is 5.02 Å². The molecule has 1 amide bonds. The summed E-state index contributed by atoms with van der Waals surface area (Å²) in [6.45, 7) is 0.360. The number of hydrogen-bond donors (Lipinski definition) is 1. The summed E-state index contributed by atoms with van der Waals surface area (Å²) in [6, 6.07) is 5.44. The molecule has 1 unspecified atom stereocenters. The van der Waals surface area contributed by atoms with Crippen LogP contribution in [0.15, 0.2) is 23.7 Å². The van der Waals surface area contributed by atoms with E-state index < -0.39 is 0 Å². The number of amides is 1. The zero-order valence-electron chi connectivity index (χ0n) is 9.80. The van der Waals surface area contributed by atoms with E-state index in [-0.39, 0.29) is 11.8 Å². The predicted octanol–water partition coefficient (Wildman–Crippen LogP) is 2.38. The first-order chi connectivity index (χ1) is 9.22. The molecule has 98 valence electrons. The molecule has 0 saturated heterocycles. The van der Waals surface area contributed by atoms with Gasteiger partial charge in [0.05, 0.1) is 5.92 Å². The number of carbonyl (C=O) groups excluding carboxylic acids is 1. The van der Waals surface area contributed by atoms with Crippen molar-refractivity contribution in [1.82, 2.24) is 10.2 Å². The topological polar surface area (TPSA) is 64.1 Å². The first kappa shape index (κ1) is 12.4. The van der Waals surface area contributed by atoms with Gasteiger partial charge in [0.15, 0.2) is 0 Å². The summed E-state index contributed by atoms with van der Waals surface area (Å²) in [5, 5.41) is 11.3. The molecule has 1 aliphatic heterocycles. The van der Waals surface area contributed by atoms with Crippen LogP contribution in [0.5, 0.6) is 5.75 Å². The van der Waals surface area contributed by atoms with Crippen LogP contribution in [0.4, 0.5) is 5.13 Å². The van der Waals surface area contributed by atoms with Crippen LogP contribution in [0.1, 0.15) is 5.56 Å². The molecule has 1 N–H and O–H groups in total.